The summed E-state index contributed by atoms with van der Waals surface area (Å²) in [7, 11) is 0. The largest absolute Gasteiger partial charge is 0.320 e. The van der Waals surface area contributed by atoms with E-state index in [9.17, 15) is 0 Å². The van der Waals surface area contributed by atoms with Gasteiger partial charge in [-0.3, -0.25) is 0 Å². The van der Waals surface area contributed by atoms with Crippen molar-refractivity contribution in [2.75, 3.05) is 26.2 Å². The molecule has 164 valence electrons. The number of quaternary nitrogens is 1. The predicted molar refractivity (Wildman–Crippen MR) is 128 cm³/mol. The van der Waals surface area contributed by atoms with E-state index in [0.717, 1.165) is 0 Å². The molecule has 0 amide bonds. The number of hydrogen-bond donors (Lipinski definition) is 0. The quantitative estimate of drug-likeness (QED) is 0.140. The van der Waals surface area contributed by atoms with Crippen molar-refractivity contribution in [3.8, 4) is 0 Å². The Bertz CT molecular complexity index is 422. The molecule has 0 aromatic heterocycles. The van der Waals surface area contributed by atoms with Crippen LogP contribution in [0.4, 0.5) is 0 Å². The smallest absolute Gasteiger partial charge is 0.0976 e. The summed E-state index contributed by atoms with van der Waals surface area (Å²) in [4.78, 5) is 0. The van der Waals surface area contributed by atoms with Gasteiger partial charge in [-0.25, -0.2) is 0 Å². The zero-order valence-corrected chi connectivity index (χ0v) is 20.0. The van der Waals surface area contributed by atoms with Gasteiger partial charge in [-0.2, -0.15) is 0 Å². The van der Waals surface area contributed by atoms with Crippen molar-refractivity contribution in [1.29, 1.82) is 0 Å². The molecule has 0 saturated carbocycles. The standard InChI is InChI=1S/C27H52N/c1-5-6-7-8-9-10-11-12-13-15-22-28(23-16-14-17-24-28)25-21-27(4)20-18-19-26(2)3/h19,21H,5-18,20,22-25H2,1-4H3/q+1. The lowest BCUT2D eigenvalue weighted by Crippen LogP contribution is -2.52. The predicted octanol–water partition coefficient (Wildman–Crippen LogP) is 8.60. The fourth-order valence-corrected chi connectivity index (χ4v) is 4.66. The maximum Gasteiger partial charge on any atom is 0.0976 e. The minimum atomic E-state index is 1.21. The van der Waals surface area contributed by atoms with Crippen LogP contribution in [0, 0.1) is 0 Å². The van der Waals surface area contributed by atoms with Gasteiger partial charge in [0.25, 0.3) is 0 Å². The molecule has 0 aromatic rings. The molecule has 1 nitrogen and oxygen atoms in total. The van der Waals surface area contributed by atoms with Crippen LogP contribution in [-0.2, 0) is 0 Å². The molecule has 0 unspecified atom stereocenters. The van der Waals surface area contributed by atoms with Gasteiger partial charge in [-0.1, -0.05) is 75.5 Å². The van der Waals surface area contributed by atoms with Crippen molar-refractivity contribution in [1.82, 2.24) is 0 Å². The Balaban J connectivity index is 2.25. The van der Waals surface area contributed by atoms with E-state index in [4.69, 9.17) is 0 Å². The Morgan fingerprint density at radius 3 is 1.86 bits per heavy atom. The molecule has 1 rings (SSSR count). The highest BCUT2D eigenvalue weighted by Crippen LogP contribution is 2.22. The third kappa shape index (κ3) is 12.8. The number of nitrogens with zero attached hydrogens (tertiary/aromatic N) is 1. The van der Waals surface area contributed by atoms with E-state index in [1.807, 2.05) is 0 Å². The van der Waals surface area contributed by atoms with Crippen molar-refractivity contribution in [3.63, 3.8) is 0 Å². The Morgan fingerprint density at radius 1 is 0.714 bits per heavy atom. The highest BCUT2D eigenvalue weighted by Gasteiger charge is 2.28. The number of likely N-dealkylation sites (tertiary alicyclic amines) is 1. The molecular formula is C27H52N+. The molecule has 1 heterocycles. The fourth-order valence-electron chi connectivity index (χ4n) is 4.66. The van der Waals surface area contributed by atoms with Crippen LogP contribution in [0.15, 0.2) is 23.3 Å². The van der Waals surface area contributed by atoms with Gasteiger partial charge < -0.3 is 4.48 Å². The van der Waals surface area contributed by atoms with Crippen LogP contribution in [0.25, 0.3) is 0 Å². The van der Waals surface area contributed by atoms with E-state index in [1.54, 1.807) is 5.57 Å². The number of unbranched alkanes of at least 4 members (excludes halogenated alkanes) is 9. The summed E-state index contributed by atoms with van der Waals surface area (Å²) in [6.07, 6.45) is 26.3. The first-order valence-corrected chi connectivity index (χ1v) is 12.7. The maximum atomic E-state index is 2.58. The van der Waals surface area contributed by atoms with Gasteiger partial charge in [0, 0.05) is 0 Å². The fraction of sp³-hybridized carbons (Fsp3) is 0.852. The number of allylic oxidation sites excluding steroid dienone is 3. The minimum Gasteiger partial charge on any atom is -0.320 e. The average Bonchev–Trinajstić information content (AvgIpc) is 2.68. The van der Waals surface area contributed by atoms with Crippen LogP contribution in [0.5, 0.6) is 0 Å². The van der Waals surface area contributed by atoms with Crippen LogP contribution in [-0.4, -0.2) is 30.7 Å². The zero-order valence-electron chi connectivity index (χ0n) is 20.0. The second kappa shape index (κ2) is 16.3. The molecular weight excluding hydrogens is 338 g/mol. The molecule has 0 spiro atoms. The van der Waals surface area contributed by atoms with Gasteiger partial charge in [-0.15, -0.1) is 0 Å². The van der Waals surface area contributed by atoms with Crippen molar-refractivity contribution < 1.29 is 4.48 Å². The first kappa shape index (κ1) is 25.5. The summed E-state index contributed by atoms with van der Waals surface area (Å²) in [5.74, 6) is 0. The summed E-state index contributed by atoms with van der Waals surface area (Å²) < 4.78 is 1.39. The van der Waals surface area contributed by atoms with E-state index >= 15 is 0 Å². The lowest BCUT2D eigenvalue weighted by molar-refractivity contribution is -0.927. The first-order valence-electron chi connectivity index (χ1n) is 12.7. The summed E-state index contributed by atoms with van der Waals surface area (Å²) in [6, 6.07) is 0. The number of piperidine rings is 1. The van der Waals surface area contributed by atoms with Crippen LogP contribution in [0.3, 0.4) is 0 Å². The molecule has 0 bridgehead atoms. The van der Waals surface area contributed by atoms with Crippen LogP contribution < -0.4 is 0 Å². The number of hydrogen-bond acceptors (Lipinski definition) is 0. The second-order valence-electron chi connectivity index (χ2n) is 9.81. The summed E-state index contributed by atoms with van der Waals surface area (Å²) >= 11 is 0. The highest BCUT2D eigenvalue weighted by molar-refractivity contribution is 5.02. The molecule has 1 heteroatoms. The molecule has 1 aliphatic heterocycles. The average molecular weight is 391 g/mol. The summed E-state index contributed by atoms with van der Waals surface area (Å²) in [6.45, 7) is 14.6. The van der Waals surface area contributed by atoms with E-state index < -0.39 is 0 Å². The van der Waals surface area contributed by atoms with Gasteiger partial charge in [0.2, 0.25) is 0 Å². The molecule has 0 N–H and O–H groups in total. The van der Waals surface area contributed by atoms with Gasteiger partial charge in [-0.05, 0) is 71.8 Å². The number of rotatable bonds is 16. The van der Waals surface area contributed by atoms with E-state index in [-0.39, 0.29) is 0 Å². The summed E-state index contributed by atoms with van der Waals surface area (Å²) in [5.41, 5.74) is 3.05. The molecule has 0 aliphatic carbocycles. The third-order valence-electron chi connectivity index (χ3n) is 6.67. The topological polar surface area (TPSA) is 0 Å². The molecule has 1 aliphatic rings. The van der Waals surface area contributed by atoms with Crippen molar-refractivity contribution >= 4 is 0 Å². The zero-order chi connectivity index (χ0) is 20.5. The van der Waals surface area contributed by atoms with Crippen molar-refractivity contribution in [2.24, 2.45) is 0 Å². The van der Waals surface area contributed by atoms with E-state index in [2.05, 4.69) is 39.8 Å². The van der Waals surface area contributed by atoms with Crippen LogP contribution >= 0.6 is 0 Å². The molecule has 1 saturated heterocycles. The third-order valence-corrected chi connectivity index (χ3v) is 6.67. The lowest BCUT2D eigenvalue weighted by Gasteiger charge is -2.41. The van der Waals surface area contributed by atoms with Gasteiger partial charge in [0.15, 0.2) is 0 Å². The Hall–Kier alpha value is -0.560. The van der Waals surface area contributed by atoms with E-state index in [1.165, 1.54) is 133 Å². The Kier molecular flexibility index (Phi) is 14.8. The molecule has 1 fully saturated rings. The lowest BCUT2D eigenvalue weighted by atomic mass is 10.0. The molecule has 28 heavy (non-hydrogen) atoms. The second-order valence-corrected chi connectivity index (χ2v) is 9.81. The summed E-state index contributed by atoms with van der Waals surface area (Å²) in [5, 5.41) is 0. The maximum absolute atomic E-state index is 2.58. The Labute approximate surface area is 178 Å². The first-order chi connectivity index (χ1) is 13.6. The highest BCUT2D eigenvalue weighted by atomic mass is 15.3. The minimum absolute atomic E-state index is 1.21. The van der Waals surface area contributed by atoms with Gasteiger partial charge in [0.1, 0.15) is 0 Å². The normalized spacial score (nSPS) is 16.9. The van der Waals surface area contributed by atoms with Crippen LogP contribution in [0.1, 0.15) is 124 Å². The van der Waals surface area contributed by atoms with Crippen molar-refractivity contribution in [3.05, 3.63) is 23.3 Å². The van der Waals surface area contributed by atoms with Gasteiger partial charge in [0.05, 0.1) is 26.2 Å². The molecule has 0 radical (unpaired) electrons. The van der Waals surface area contributed by atoms with E-state index in [0.29, 0.717) is 0 Å². The molecule has 0 aromatic carbocycles. The van der Waals surface area contributed by atoms with Crippen molar-refractivity contribution in [2.45, 2.75) is 124 Å². The van der Waals surface area contributed by atoms with Crippen LogP contribution in [0.2, 0.25) is 0 Å². The Morgan fingerprint density at radius 2 is 1.29 bits per heavy atom. The van der Waals surface area contributed by atoms with Gasteiger partial charge >= 0.3 is 0 Å². The SMILES string of the molecule is CCCCCCCCCCCC[N+]1(CC=C(C)CCC=C(C)C)CCCCC1. The molecule has 0 atom stereocenters. The monoisotopic (exact) mass is 390 g/mol.